The van der Waals surface area contributed by atoms with Gasteiger partial charge in [-0.1, -0.05) is 12.1 Å². The highest BCUT2D eigenvalue weighted by atomic mass is 19.1. The molecule has 2 N–H and O–H groups in total. The second-order valence-corrected chi connectivity index (χ2v) is 5.04. The van der Waals surface area contributed by atoms with Crippen LogP contribution in [0.5, 0.6) is 0 Å². The van der Waals surface area contributed by atoms with E-state index in [2.05, 4.69) is 15.6 Å². The first kappa shape index (κ1) is 15.0. The van der Waals surface area contributed by atoms with E-state index in [1.807, 2.05) is 13.8 Å². The van der Waals surface area contributed by atoms with Gasteiger partial charge in [0, 0.05) is 12.6 Å². The molecule has 0 aliphatic carbocycles. The zero-order valence-corrected chi connectivity index (χ0v) is 12.1. The minimum absolute atomic E-state index is 0.0792. The van der Waals surface area contributed by atoms with Crippen LogP contribution in [0.15, 0.2) is 42.6 Å². The second kappa shape index (κ2) is 6.83. The van der Waals surface area contributed by atoms with Gasteiger partial charge < -0.3 is 10.6 Å². The van der Waals surface area contributed by atoms with Gasteiger partial charge in [0.15, 0.2) is 0 Å². The van der Waals surface area contributed by atoms with Crippen molar-refractivity contribution in [2.45, 2.75) is 26.4 Å². The molecule has 0 bridgehead atoms. The molecular weight excluding hydrogens is 269 g/mol. The zero-order chi connectivity index (χ0) is 15.2. The third-order valence-corrected chi connectivity index (χ3v) is 2.83. The molecule has 0 aliphatic heterocycles. The van der Waals surface area contributed by atoms with Crippen LogP contribution in [0.25, 0.3) is 0 Å². The van der Waals surface area contributed by atoms with Crippen molar-refractivity contribution >= 4 is 11.6 Å². The highest BCUT2D eigenvalue weighted by molar-refractivity contribution is 5.92. The summed E-state index contributed by atoms with van der Waals surface area (Å²) in [6, 6.07) is 9.84. The van der Waals surface area contributed by atoms with Crippen LogP contribution in [-0.4, -0.2) is 16.9 Å². The minimum Gasteiger partial charge on any atom is -0.380 e. The summed E-state index contributed by atoms with van der Waals surface area (Å²) < 4.78 is 12.8. The lowest BCUT2D eigenvalue weighted by Gasteiger charge is -2.09. The Hall–Kier alpha value is -2.43. The summed E-state index contributed by atoms with van der Waals surface area (Å²) in [5, 5.41) is 5.95. The number of amides is 1. The number of hydrogen-bond acceptors (Lipinski definition) is 3. The Morgan fingerprint density at radius 2 is 1.90 bits per heavy atom. The molecule has 1 aromatic heterocycles. The van der Waals surface area contributed by atoms with Crippen molar-refractivity contribution in [3.05, 3.63) is 59.7 Å². The van der Waals surface area contributed by atoms with Gasteiger partial charge in [0.2, 0.25) is 0 Å². The molecule has 5 heteroatoms. The minimum atomic E-state index is -0.249. The molecular formula is C16H18FN3O. The first-order valence-corrected chi connectivity index (χ1v) is 6.80. The number of nitrogens with one attached hydrogen (secondary N) is 2. The maximum absolute atomic E-state index is 12.8. The summed E-state index contributed by atoms with van der Waals surface area (Å²) in [5.41, 5.74) is 2.16. The Balaban J connectivity index is 1.93. The van der Waals surface area contributed by atoms with Crippen molar-refractivity contribution in [1.29, 1.82) is 0 Å². The van der Waals surface area contributed by atoms with Crippen molar-refractivity contribution in [3.63, 3.8) is 0 Å². The molecule has 110 valence electrons. The summed E-state index contributed by atoms with van der Waals surface area (Å²) in [7, 11) is 0. The summed E-state index contributed by atoms with van der Waals surface area (Å²) in [4.78, 5) is 15.9. The van der Waals surface area contributed by atoms with Gasteiger partial charge in [-0.15, -0.1) is 0 Å². The average molecular weight is 287 g/mol. The maximum atomic E-state index is 12.8. The lowest BCUT2D eigenvalue weighted by Crippen LogP contribution is -2.30. The monoisotopic (exact) mass is 287 g/mol. The van der Waals surface area contributed by atoms with Crippen LogP contribution in [0.1, 0.15) is 29.9 Å². The molecule has 21 heavy (non-hydrogen) atoms. The van der Waals surface area contributed by atoms with Gasteiger partial charge in [0.05, 0.1) is 11.9 Å². The van der Waals surface area contributed by atoms with Crippen LogP contribution in [0.3, 0.4) is 0 Å². The van der Waals surface area contributed by atoms with E-state index < -0.39 is 0 Å². The van der Waals surface area contributed by atoms with Crippen LogP contribution in [0, 0.1) is 5.82 Å². The molecule has 0 unspecified atom stereocenters. The van der Waals surface area contributed by atoms with E-state index >= 15 is 0 Å². The Morgan fingerprint density at radius 3 is 2.48 bits per heavy atom. The number of hydrogen-bond donors (Lipinski definition) is 2. The smallest absolute Gasteiger partial charge is 0.270 e. The highest BCUT2D eigenvalue weighted by Gasteiger charge is 2.07. The third kappa shape index (κ3) is 4.56. The molecule has 0 saturated heterocycles. The Morgan fingerprint density at radius 1 is 1.19 bits per heavy atom. The number of pyridine rings is 1. The number of nitrogens with zero attached hydrogens (tertiary/aromatic N) is 1. The van der Waals surface area contributed by atoms with Crippen molar-refractivity contribution in [3.8, 4) is 0 Å². The summed E-state index contributed by atoms with van der Waals surface area (Å²) >= 11 is 0. The first-order valence-electron chi connectivity index (χ1n) is 6.80. The number of carbonyl (C=O) groups excluding carboxylic acids is 1. The molecule has 1 aromatic carbocycles. The predicted molar refractivity (Wildman–Crippen MR) is 80.6 cm³/mol. The van der Waals surface area contributed by atoms with E-state index in [4.69, 9.17) is 0 Å². The Bertz CT molecular complexity index is 594. The van der Waals surface area contributed by atoms with Gasteiger partial charge >= 0.3 is 0 Å². The van der Waals surface area contributed by atoms with Crippen LogP contribution in [0.4, 0.5) is 10.1 Å². The van der Waals surface area contributed by atoms with Gasteiger partial charge in [0.1, 0.15) is 11.5 Å². The fourth-order valence-electron chi connectivity index (χ4n) is 1.78. The average Bonchev–Trinajstić information content (AvgIpc) is 2.46. The van der Waals surface area contributed by atoms with Crippen molar-refractivity contribution in [2.24, 2.45) is 0 Å². The zero-order valence-electron chi connectivity index (χ0n) is 12.1. The number of benzene rings is 1. The van der Waals surface area contributed by atoms with E-state index in [-0.39, 0.29) is 17.8 Å². The molecule has 1 heterocycles. The number of carbonyl (C=O) groups is 1. The molecule has 4 nitrogen and oxygen atoms in total. The van der Waals surface area contributed by atoms with Crippen molar-refractivity contribution in [2.75, 3.05) is 5.32 Å². The number of rotatable bonds is 5. The first-order chi connectivity index (χ1) is 10.0. The highest BCUT2D eigenvalue weighted by Crippen LogP contribution is 2.09. The van der Waals surface area contributed by atoms with E-state index in [1.165, 1.54) is 12.1 Å². The molecule has 0 fully saturated rings. The quantitative estimate of drug-likeness (QED) is 0.889. The predicted octanol–water partition coefficient (Wildman–Crippen LogP) is 2.97. The van der Waals surface area contributed by atoms with Gasteiger partial charge in [-0.2, -0.15) is 0 Å². The molecule has 0 atom stereocenters. The molecule has 0 radical (unpaired) electrons. The molecule has 1 amide bonds. The lowest BCUT2D eigenvalue weighted by molar-refractivity contribution is 0.0938. The largest absolute Gasteiger partial charge is 0.380 e. The number of halogens is 1. The van der Waals surface area contributed by atoms with E-state index in [0.717, 1.165) is 11.3 Å². The van der Waals surface area contributed by atoms with Gasteiger partial charge in [0.25, 0.3) is 5.91 Å². The van der Waals surface area contributed by atoms with Crippen LogP contribution in [-0.2, 0) is 6.54 Å². The molecule has 0 spiro atoms. The SMILES string of the molecule is CC(C)NC(=O)c1ccc(NCc2ccc(F)cc2)cn1. The summed E-state index contributed by atoms with van der Waals surface area (Å²) in [6.07, 6.45) is 1.61. The van der Waals surface area contributed by atoms with Crippen LogP contribution >= 0.6 is 0 Å². The molecule has 2 rings (SSSR count). The van der Waals surface area contributed by atoms with E-state index in [0.29, 0.717) is 12.2 Å². The fraction of sp³-hybridized carbons (Fsp3) is 0.250. The molecule has 0 saturated carbocycles. The van der Waals surface area contributed by atoms with Crippen molar-refractivity contribution < 1.29 is 9.18 Å². The van der Waals surface area contributed by atoms with Crippen LogP contribution in [0.2, 0.25) is 0 Å². The van der Waals surface area contributed by atoms with Gasteiger partial charge in [-0.3, -0.25) is 4.79 Å². The van der Waals surface area contributed by atoms with Gasteiger partial charge in [-0.25, -0.2) is 9.37 Å². The van der Waals surface area contributed by atoms with E-state index in [1.54, 1.807) is 30.5 Å². The number of anilines is 1. The number of aromatic nitrogens is 1. The summed E-state index contributed by atoms with van der Waals surface area (Å²) in [6.45, 7) is 4.37. The van der Waals surface area contributed by atoms with Crippen molar-refractivity contribution in [1.82, 2.24) is 10.3 Å². The van der Waals surface area contributed by atoms with Crippen LogP contribution < -0.4 is 10.6 Å². The standard InChI is InChI=1S/C16H18FN3O/c1-11(2)20-16(21)15-8-7-14(10-19-15)18-9-12-3-5-13(17)6-4-12/h3-8,10-11,18H,9H2,1-2H3,(H,20,21). The topological polar surface area (TPSA) is 54.0 Å². The Kier molecular flexibility index (Phi) is 4.87. The second-order valence-electron chi connectivity index (χ2n) is 5.04. The van der Waals surface area contributed by atoms with E-state index in [9.17, 15) is 9.18 Å². The lowest BCUT2D eigenvalue weighted by atomic mass is 10.2. The summed E-state index contributed by atoms with van der Waals surface area (Å²) in [5.74, 6) is -0.434. The van der Waals surface area contributed by atoms with Gasteiger partial charge in [-0.05, 0) is 43.7 Å². The Labute approximate surface area is 123 Å². The molecule has 2 aromatic rings. The maximum Gasteiger partial charge on any atom is 0.270 e. The fourth-order valence-corrected chi connectivity index (χ4v) is 1.78. The normalized spacial score (nSPS) is 10.5. The third-order valence-electron chi connectivity index (χ3n) is 2.83. The molecule has 0 aliphatic rings.